The molecule has 0 aliphatic carbocycles. The van der Waals surface area contributed by atoms with E-state index in [0.717, 1.165) is 11.3 Å². The number of aliphatic hydroxyl groups excluding tert-OH is 1. The van der Waals surface area contributed by atoms with Crippen molar-refractivity contribution < 1.29 is 14.3 Å². The molecule has 0 aliphatic rings. The van der Waals surface area contributed by atoms with Crippen molar-refractivity contribution in [1.82, 2.24) is 0 Å². The van der Waals surface area contributed by atoms with Crippen LogP contribution in [-0.4, -0.2) is 32.7 Å². The van der Waals surface area contributed by atoms with Gasteiger partial charge in [-0.2, -0.15) is 0 Å². The predicted octanol–water partition coefficient (Wildman–Crippen LogP) is 4.48. The summed E-state index contributed by atoms with van der Waals surface area (Å²) in [6, 6.07) is 7.83. The fraction of sp³-hybridized carbons (Fsp3) is 0.556. The van der Waals surface area contributed by atoms with E-state index in [2.05, 4.69) is 33.9 Å². The molecule has 0 amide bonds. The largest absolute Gasteiger partial charge is 0.488 e. The summed E-state index contributed by atoms with van der Waals surface area (Å²) in [4.78, 5) is 0. The van der Waals surface area contributed by atoms with E-state index >= 15 is 0 Å². The number of para-hydroxylation sites is 1. The summed E-state index contributed by atoms with van der Waals surface area (Å²) in [5.41, 5.74) is 0.968. The highest BCUT2D eigenvalue weighted by molar-refractivity contribution is 6.74. The number of hydrogen-bond donors (Lipinski definition) is 1. The molecule has 0 fully saturated rings. The Balaban J connectivity index is 2.66. The molecular weight excluding hydrogens is 292 g/mol. The summed E-state index contributed by atoms with van der Waals surface area (Å²) < 4.78 is 12.2. The lowest BCUT2D eigenvalue weighted by molar-refractivity contribution is 0.134. The molecule has 1 rings (SSSR count). The van der Waals surface area contributed by atoms with Gasteiger partial charge in [-0.05, 0) is 31.1 Å². The summed E-state index contributed by atoms with van der Waals surface area (Å²) in [5, 5.41) is 9.11. The summed E-state index contributed by atoms with van der Waals surface area (Å²) in [7, 11) is -1.75. The average molecular weight is 323 g/mol. The van der Waals surface area contributed by atoms with Gasteiger partial charge in [-0.15, -0.1) is 0 Å². The Bertz CT molecular complexity index is 489. The monoisotopic (exact) mass is 322 g/mol. The maximum Gasteiger partial charge on any atom is 0.192 e. The molecule has 1 N–H and O–H groups in total. The number of hydrogen-bond acceptors (Lipinski definition) is 3. The highest BCUT2D eigenvalue weighted by Gasteiger charge is 2.37. The lowest BCUT2D eigenvalue weighted by atomic mass is 10.2. The predicted molar refractivity (Wildman–Crippen MR) is 95.8 cm³/mol. The fourth-order valence-corrected chi connectivity index (χ4v) is 2.78. The Labute approximate surface area is 136 Å². The highest BCUT2D eigenvalue weighted by Crippen LogP contribution is 2.36. The maximum absolute atomic E-state index is 8.91. The van der Waals surface area contributed by atoms with E-state index in [9.17, 15) is 0 Å². The molecule has 0 radical (unpaired) electrons. The minimum Gasteiger partial charge on any atom is -0.488 e. The van der Waals surface area contributed by atoms with E-state index in [1.807, 2.05) is 37.3 Å². The van der Waals surface area contributed by atoms with E-state index in [-0.39, 0.29) is 17.7 Å². The Kier molecular flexibility index (Phi) is 6.85. The van der Waals surface area contributed by atoms with Crippen molar-refractivity contribution in [1.29, 1.82) is 0 Å². The van der Waals surface area contributed by atoms with Crippen LogP contribution in [0.3, 0.4) is 0 Å². The molecule has 1 aromatic rings. The zero-order chi connectivity index (χ0) is 16.8. The third kappa shape index (κ3) is 5.59. The van der Waals surface area contributed by atoms with Gasteiger partial charge < -0.3 is 14.3 Å². The summed E-state index contributed by atoms with van der Waals surface area (Å²) in [5.74, 6) is 0.818. The summed E-state index contributed by atoms with van der Waals surface area (Å²) >= 11 is 0. The Morgan fingerprint density at radius 2 is 1.86 bits per heavy atom. The molecule has 1 atom stereocenters. The van der Waals surface area contributed by atoms with E-state index in [0.29, 0.717) is 6.61 Å². The van der Waals surface area contributed by atoms with Gasteiger partial charge in [0.05, 0.1) is 13.2 Å². The molecule has 0 aliphatic heterocycles. The van der Waals surface area contributed by atoms with Crippen molar-refractivity contribution in [2.24, 2.45) is 0 Å². The molecule has 0 unspecified atom stereocenters. The molecular formula is C18H30O3Si. The summed E-state index contributed by atoms with van der Waals surface area (Å²) in [6.45, 7) is 13.8. The number of rotatable bonds is 7. The van der Waals surface area contributed by atoms with Gasteiger partial charge >= 0.3 is 0 Å². The molecule has 1 aromatic carbocycles. The minimum absolute atomic E-state index is 0.0159. The lowest BCUT2D eigenvalue weighted by Gasteiger charge is -2.37. The SMILES string of the molecule is C[C@@H](CO[Si](C)(C)C(C)(C)C)Oc1ccccc1C=CCO. The first-order valence-corrected chi connectivity index (χ1v) is 10.8. The first-order chi connectivity index (χ1) is 10.2. The van der Waals surface area contributed by atoms with E-state index in [4.69, 9.17) is 14.3 Å². The molecule has 0 bridgehead atoms. The van der Waals surface area contributed by atoms with E-state index in [1.54, 1.807) is 6.08 Å². The van der Waals surface area contributed by atoms with Crippen LogP contribution in [0.1, 0.15) is 33.3 Å². The quantitative estimate of drug-likeness (QED) is 0.752. The molecule has 0 saturated heterocycles. The highest BCUT2D eigenvalue weighted by atomic mass is 28.4. The van der Waals surface area contributed by atoms with Crippen molar-refractivity contribution >= 4 is 14.4 Å². The lowest BCUT2D eigenvalue weighted by Crippen LogP contribution is -2.43. The van der Waals surface area contributed by atoms with Crippen molar-refractivity contribution in [3.8, 4) is 5.75 Å². The Morgan fingerprint density at radius 3 is 2.45 bits per heavy atom. The number of ether oxygens (including phenoxy) is 1. The molecule has 22 heavy (non-hydrogen) atoms. The first kappa shape index (κ1) is 18.9. The van der Waals surface area contributed by atoms with Crippen LogP contribution in [0.15, 0.2) is 30.3 Å². The van der Waals surface area contributed by atoms with Crippen LogP contribution in [0.2, 0.25) is 18.1 Å². The molecule has 0 aromatic heterocycles. The van der Waals surface area contributed by atoms with E-state index in [1.165, 1.54) is 0 Å². The van der Waals surface area contributed by atoms with E-state index < -0.39 is 8.32 Å². The van der Waals surface area contributed by atoms with Gasteiger partial charge in [-0.25, -0.2) is 0 Å². The van der Waals surface area contributed by atoms with Crippen LogP contribution >= 0.6 is 0 Å². The van der Waals surface area contributed by atoms with Gasteiger partial charge in [0.1, 0.15) is 11.9 Å². The van der Waals surface area contributed by atoms with Crippen molar-refractivity contribution in [2.75, 3.05) is 13.2 Å². The summed E-state index contributed by atoms with van der Waals surface area (Å²) in [6.07, 6.45) is 3.56. The van der Waals surface area contributed by atoms with Gasteiger partial charge in [0.15, 0.2) is 8.32 Å². The third-order valence-corrected chi connectivity index (χ3v) is 8.64. The second-order valence-corrected chi connectivity index (χ2v) is 11.9. The van der Waals surface area contributed by atoms with Crippen molar-refractivity contribution in [3.63, 3.8) is 0 Å². The topological polar surface area (TPSA) is 38.7 Å². The van der Waals surface area contributed by atoms with Gasteiger partial charge in [0.2, 0.25) is 0 Å². The van der Waals surface area contributed by atoms with Gasteiger partial charge in [0.25, 0.3) is 0 Å². The Morgan fingerprint density at radius 1 is 1.23 bits per heavy atom. The number of benzene rings is 1. The third-order valence-electron chi connectivity index (χ3n) is 4.14. The molecule has 124 valence electrons. The molecule has 0 heterocycles. The normalized spacial score (nSPS) is 14.3. The van der Waals surface area contributed by atoms with Gasteiger partial charge in [-0.1, -0.05) is 51.1 Å². The van der Waals surface area contributed by atoms with Crippen LogP contribution in [0, 0.1) is 0 Å². The van der Waals surface area contributed by atoms with Crippen molar-refractivity contribution in [2.45, 2.75) is 51.9 Å². The van der Waals surface area contributed by atoms with Crippen LogP contribution in [0.4, 0.5) is 0 Å². The first-order valence-electron chi connectivity index (χ1n) is 7.84. The van der Waals surface area contributed by atoms with Crippen LogP contribution in [0.5, 0.6) is 5.75 Å². The molecule has 3 nitrogen and oxygen atoms in total. The molecule has 0 spiro atoms. The van der Waals surface area contributed by atoms with Gasteiger partial charge in [-0.3, -0.25) is 0 Å². The zero-order valence-electron chi connectivity index (χ0n) is 14.7. The number of aliphatic hydroxyl groups is 1. The minimum atomic E-state index is -1.75. The second kappa shape index (κ2) is 7.95. The van der Waals surface area contributed by atoms with Crippen LogP contribution in [-0.2, 0) is 4.43 Å². The second-order valence-electron chi connectivity index (χ2n) is 7.12. The molecule has 0 saturated carbocycles. The zero-order valence-corrected chi connectivity index (χ0v) is 15.7. The van der Waals surface area contributed by atoms with Gasteiger partial charge in [0, 0.05) is 5.56 Å². The maximum atomic E-state index is 8.91. The van der Waals surface area contributed by atoms with Crippen molar-refractivity contribution in [3.05, 3.63) is 35.9 Å². The smallest absolute Gasteiger partial charge is 0.192 e. The van der Waals surface area contributed by atoms with Crippen LogP contribution in [0.25, 0.3) is 6.08 Å². The van der Waals surface area contributed by atoms with Crippen LogP contribution < -0.4 is 4.74 Å². The molecule has 4 heteroatoms. The average Bonchev–Trinajstić information content (AvgIpc) is 2.43. The standard InChI is InChI=1S/C18H30O3Si/c1-15(14-20-22(5,6)18(2,3)4)21-17-12-8-7-10-16(17)11-9-13-19/h7-12,15,19H,13-14H2,1-6H3/t15-/m0/s1. The Hall–Kier alpha value is -1.10. The fourth-order valence-electron chi connectivity index (χ4n) is 1.70.